The number of para-hydroxylation sites is 1. The number of nitrogens with zero attached hydrogens (tertiary/aromatic N) is 1. The zero-order valence-corrected chi connectivity index (χ0v) is 12.1. The smallest absolute Gasteiger partial charge is 0.234 e. The van der Waals surface area contributed by atoms with E-state index in [4.69, 9.17) is 5.73 Å². The number of rotatable bonds is 2. The van der Waals surface area contributed by atoms with Crippen LogP contribution in [0.25, 0.3) is 0 Å². The third-order valence-electron chi connectivity index (χ3n) is 5.01. The van der Waals surface area contributed by atoms with Crippen LogP contribution in [0.2, 0.25) is 0 Å². The van der Waals surface area contributed by atoms with Crippen molar-refractivity contribution in [3.05, 3.63) is 29.8 Å². The molecule has 3 heteroatoms. The van der Waals surface area contributed by atoms with Gasteiger partial charge in [0, 0.05) is 18.8 Å². The van der Waals surface area contributed by atoms with E-state index in [-0.39, 0.29) is 11.3 Å². The highest BCUT2D eigenvalue weighted by atomic mass is 16.2. The number of amides is 1. The molecule has 0 bridgehead atoms. The van der Waals surface area contributed by atoms with Gasteiger partial charge in [0.15, 0.2) is 0 Å². The molecule has 3 nitrogen and oxygen atoms in total. The average molecular weight is 272 g/mol. The minimum atomic E-state index is -0.294. The second kappa shape index (κ2) is 5.57. The lowest BCUT2D eigenvalue weighted by Crippen LogP contribution is -2.47. The van der Waals surface area contributed by atoms with E-state index in [1.807, 2.05) is 11.0 Å². The number of hydrogen-bond acceptors (Lipinski definition) is 2. The van der Waals surface area contributed by atoms with Gasteiger partial charge in [0.05, 0.1) is 5.41 Å². The summed E-state index contributed by atoms with van der Waals surface area (Å²) in [6.07, 6.45) is 7.52. The van der Waals surface area contributed by atoms with Crippen LogP contribution in [-0.4, -0.2) is 19.0 Å². The molecule has 1 aliphatic carbocycles. The molecule has 0 aromatic heterocycles. The Morgan fingerprint density at radius 2 is 1.90 bits per heavy atom. The molecule has 2 N–H and O–H groups in total. The Kier molecular flexibility index (Phi) is 3.79. The number of hydrogen-bond donors (Lipinski definition) is 1. The van der Waals surface area contributed by atoms with Gasteiger partial charge in [-0.05, 0) is 43.7 Å². The Morgan fingerprint density at radius 1 is 1.15 bits per heavy atom. The van der Waals surface area contributed by atoms with Gasteiger partial charge in [-0.3, -0.25) is 4.79 Å². The molecule has 20 heavy (non-hydrogen) atoms. The van der Waals surface area contributed by atoms with Gasteiger partial charge in [-0.25, -0.2) is 0 Å². The summed E-state index contributed by atoms with van der Waals surface area (Å²) in [5, 5.41) is 0. The second-order valence-electron chi connectivity index (χ2n) is 6.23. The third-order valence-corrected chi connectivity index (χ3v) is 5.01. The third kappa shape index (κ3) is 2.24. The molecule has 0 atom stereocenters. The average Bonchev–Trinajstić information content (AvgIpc) is 2.88. The Bertz CT molecular complexity index is 492. The van der Waals surface area contributed by atoms with Crippen molar-refractivity contribution in [1.29, 1.82) is 0 Å². The molecule has 1 aliphatic heterocycles. The summed E-state index contributed by atoms with van der Waals surface area (Å²) in [6.45, 7) is 1.34. The van der Waals surface area contributed by atoms with Gasteiger partial charge in [-0.2, -0.15) is 0 Å². The normalized spacial score (nSPS) is 21.4. The Labute approximate surface area is 121 Å². The highest BCUT2D eigenvalue weighted by Crippen LogP contribution is 2.40. The van der Waals surface area contributed by atoms with Crippen LogP contribution < -0.4 is 10.6 Å². The number of carbonyl (C=O) groups is 1. The quantitative estimate of drug-likeness (QED) is 0.900. The number of carbonyl (C=O) groups excluding carboxylic acids is 1. The maximum Gasteiger partial charge on any atom is 0.234 e. The van der Waals surface area contributed by atoms with E-state index < -0.39 is 0 Å². The van der Waals surface area contributed by atoms with Gasteiger partial charge in [-0.1, -0.05) is 31.0 Å². The topological polar surface area (TPSA) is 46.3 Å². The lowest BCUT2D eigenvalue weighted by atomic mass is 9.84. The van der Waals surface area contributed by atoms with Crippen molar-refractivity contribution < 1.29 is 4.79 Å². The predicted molar refractivity (Wildman–Crippen MR) is 81.7 cm³/mol. The lowest BCUT2D eigenvalue weighted by Gasteiger charge is -2.33. The monoisotopic (exact) mass is 272 g/mol. The molecule has 0 radical (unpaired) electrons. The summed E-state index contributed by atoms with van der Waals surface area (Å²) in [7, 11) is 0. The zero-order valence-electron chi connectivity index (χ0n) is 12.1. The number of fused-ring (bicyclic) bond motifs is 1. The first-order chi connectivity index (χ1) is 9.77. The number of anilines is 1. The number of benzene rings is 1. The lowest BCUT2D eigenvalue weighted by molar-refractivity contribution is -0.127. The van der Waals surface area contributed by atoms with Crippen molar-refractivity contribution in [3.8, 4) is 0 Å². The molecule has 1 aromatic rings. The fraction of sp³-hybridized carbons (Fsp3) is 0.588. The van der Waals surface area contributed by atoms with Gasteiger partial charge >= 0.3 is 0 Å². The summed E-state index contributed by atoms with van der Waals surface area (Å²) in [5.41, 5.74) is 8.12. The fourth-order valence-electron chi connectivity index (χ4n) is 3.75. The van der Waals surface area contributed by atoms with Gasteiger partial charge in [0.1, 0.15) is 0 Å². The first-order valence-electron chi connectivity index (χ1n) is 7.87. The molecule has 0 saturated heterocycles. The largest absolute Gasteiger partial charge is 0.329 e. The van der Waals surface area contributed by atoms with Crippen molar-refractivity contribution in [3.63, 3.8) is 0 Å². The summed E-state index contributed by atoms with van der Waals surface area (Å²) < 4.78 is 0. The predicted octanol–water partition coefficient (Wildman–Crippen LogP) is 2.88. The standard InChI is InChI=1S/C17H24N2O/c18-13-17(10-4-5-11-17)16(20)19-12-6-3-8-14-7-1-2-9-15(14)19/h1-2,7,9H,3-6,8,10-13,18H2. The molecular weight excluding hydrogens is 248 g/mol. The van der Waals surface area contributed by atoms with Crippen LogP contribution in [0.15, 0.2) is 24.3 Å². The maximum absolute atomic E-state index is 13.1. The van der Waals surface area contributed by atoms with Crippen molar-refractivity contribution in [2.75, 3.05) is 18.0 Å². The van der Waals surface area contributed by atoms with Crippen LogP contribution >= 0.6 is 0 Å². The molecule has 1 saturated carbocycles. The zero-order chi connectivity index (χ0) is 14.0. The molecule has 0 unspecified atom stereocenters. The Balaban J connectivity index is 1.95. The fourth-order valence-corrected chi connectivity index (χ4v) is 3.75. The van der Waals surface area contributed by atoms with Crippen molar-refractivity contribution in [2.24, 2.45) is 11.1 Å². The Hall–Kier alpha value is -1.35. The molecular formula is C17H24N2O. The maximum atomic E-state index is 13.1. The summed E-state index contributed by atoms with van der Waals surface area (Å²) in [4.78, 5) is 15.1. The van der Waals surface area contributed by atoms with E-state index >= 15 is 0 Å². The van der Waals surface area contributed by atoms with Gasteiger partial charge in [0.2, 0.25) is 5.91 Å². The van der Waals surface area contributed by atoms with Crippen LogP contribution in [-0.2, 0) is 11.2 Å². The highest BCUT2D eigenvalue weighted by Gasteiger charge is 2.43. The Morgan fingerprint density at radius 3 is 2.65 bits per heavy atom. The number of aryl methyl sites for hydroxylation is 1. The minimum Gasteiger partial charge on any atom is -0.329 e. The molecule has 3 rings (SSSR count). The van der Waals surface area contributed by atoms with Gasteiger partial charge in [-0.15, -0.1) is 0 Å². The van der Waals surface area contributed by atoms with E-state index in [1.54, 1.807) is 0 Å². The summed E-state index contributed by atoms with van der Waals surface area (Å²) in [5.74, 6) is 0.270. The van der Waals surface area contributed by atoms with Crippen LogP contribution in [0, 0.1) is 5.41 Å². The van der Waals surface area contributed by atoms with Crippen molar-refractivity contribution in [1.82, 2.24) is 0 Å². The first-order valence-corrected chi connectivity index (χ1v) is 7.87. The molecule has 1 heterocycles. The highest BCUT2D eigenvalue weighted by molar-refractivity contribution is 5.98. The van der Waals surface area contributed by atoms with Crippen LogP contribution in [0.5, 0.6) is 0 Å². The van der Waals surface area contributed by atoms with Crippen molar-refractivity contribution in [2.45, 2.75) is 44.9 Å². The van der Waals surface area contributed by atoms with Gasteiger partial charge < -0.3 is 10.6 Å². The second-order valence-corrected chi connectivity index (χ2v) is 6.23. The molecule has 108 valence electrons. The van der Waals surface area contributed by atoms with E-state index in [0.717, 1.165) is 57.2 Å². The first kappa shape index (κ1) is 13.6. The van der Waals surface area contributed by atoms with Crippen LogP contribution in [0.4, 0.5) is 5.69 Å². The van der Waals surface area contributed by atoms with Gasteiger partial charge in [0.25, 0.3) is 0 Å². The molecule has 0 spiro atoms. The van der Waals surface area contributed by atoms with Crippen LogP contribution in [0.1, 0.15) is 44.1 Å². The van der Waals surface area contributed by atoms with Crippen molar-refractivity contribution >= 4 is 11.6 Å². The SMILES string of the molecule is NCC1(C(=O)N2CCCCc3ccccc32)CCCC1. The molecule has 1 aromatic carbocycles. The summed E-state index contributed by atoms with van der Waals surface area (Å²) in [6, 6.07) is 8.36. The van der Waals surface area contributed by atoms with E-state index in [9.17, 15) is 4.79 Å². The molecule has 1 amide bonds. The van der Waals surface area contributed by atoms with E-state index in [0.29, 0.717) is 6.54 Å². The van der Waals surface area contributed by atoms with E-state index in [2.05, 4.69) is 18.2 Å². The number of nitrogens with two attached hydrogens (primary N) is 1. The summed E-state index contributed by atoms with van der Waals surface area (Å²) >= 11 is 0. The van der Waals surface area contributed by atoms with Crippen LogP contribution in [0.3, 0.4) is 0 Å². The molecule has 2 aliphatic rings. The van der Waals surface area contributed by atoms with E-state index in [1.165, 1.54) is 5.56 Å². The molecule has 1 fully saturated rings. The minimum absolute atomic E-state index is 0.270.